The summed E-state index contributed by atoms with van der Waals surface area (Å²) in [5.41, 5.74) is 11.9. The third kappa shape index (κ3) is 16.6. The molecule has 1 unspecified atom stereocenters. The van der Waals surface area contributed by atoms with Gasteiger partial charge in [-0.2, -0.15) is 4.98 Å². The van der Waals surface area contributed by atoms with Crippen LogP contribution in [0.15, 0.2) is 11.1 Å². The SMILES string of the molecule is CCCCCCCCCCCCCCCCCCCC(=O)OC[C@H](CCOC(=O)[C@@H](N)C(C)CC)Cn1cnc2c(=O)[nH]c(N)nc21. The molecule has 11 heteroatoms. The number of hydrogen-bond donors (Lipinski definition) is 3. The maximum atomic E-state index is 12.6. The molecule has 0 aliphatic rings. The highest BCUT2D eigenvalue weighted by molar-refractivity contribution is 5.75. The zero-order valence-corrected chi connectivity index (χ0v) is 29.6. The Morgan fingerprint density at radius 3 is 1.98 bits per heavy atom. The number of nitrogens with two attached hydrogens (primary N) is 2. The van der Waals surface area contributed by atoms with Crippen LogP contribution in [0.4, 0.5) is 5.95 Å². The molecule has 0 spiro atoms. The average Bonchev–Trinajstić information content (AvgIpc) is 3.46. The molecule has 0 aromatic carbocycles. The molecule has 268 valence electrons. The Bertz CT molecular complexity index is 1200. The molecule has 0 aliphatic heterocycles. The van der Waals surface area contributed by atoms with Gasteiger partial charge in [-0.1, -0.05) is 130 Å². The molecule has 3 atom stereocenters. The van der Waals surface area contributed by atoms with E-state index < -0.39 is 17.6 Å². The summed E-state index contributed by atoms with van der Waals surface area (Å²) >= 11 is 0. The van der Waals surface area contributed by atoms with Gasteiger partial charge in [0.25, 0.3) is 5.56 Å². The predicted molar refractivity (Wildman–Crippen MR) is 189 cm³/mol. The van der Waals surface area contributed by atoms with Crippen molar-refractivity contribution in [2.75, 3.05) is 18.9 Å². The zero-order valence-electron chi connectivity index (χ0n) is 29.6. The minimum atomic E-state index is -0.683. The fraction of sp³-hybridized carbons (Fsp3) is 0.806. The van der Waals surface area contributed by atoms with Gasteiger partial charge < -0.3 is 25.5 Å². The van der Waals surface area contributed by atoms with Gasteiger partial charge in [-0.25, -0.2) is 4.98 Å². The second-order valence-corrected chi connectivity index (χ2v) is 13.3. The summed E-state index contributed by atoms with van der Waals surface area (Å²) in [7, 11) is 0. The lowest BCUT2D eigenvalue weighted by molar-refractivity contribution is -0.149. The Kier molecular flexibility index (Phi) is 20.7. The number of unbranched alkanes of at least 4 members (excludes halogenated alkanes) is 16. The number of carbonyl (C=O) groups is 2. The molecular weight excluding hydrogens is 596 g/mol. The lowest BCUT2D eigenvalue weighted by Crippen LogP contribution is -2.38. The van der Waals surface area contributed by atoms with Crippen LogP contribution in [0.5, 0.6) is 0 Å². The Balaban J connectivity index is 1.65. The normalized spacial score (nSPS) is 13.4. The van der Waals surface area contributed by atoms with E-state index in [2.05, 4.69) is 21.9 Å². The number of H-pyrrole nitrogens is 1. The summed E-state index contributed by atoms with van der Waals surface area (Å²) in [6.45, 7) is 6.79. The number of aromatic amines is 1. The molecule has 0 aliphatic carbocycles. The second-order valence-electron chi connectivity index (χ2n) is 13.3. The van der Waals surface area contributed by atoms with E-state index in [1.807, 2.05) is 13.8 Å². The van der Waals surface area contributed by atoms with Gasteiger partial charge in [0.1, 0.15) is 6.04 Å². The van der Waals surface area contributed by atoms with E-state index >= 15 is 0 Å². The smallest absolute Gasteiger partial charge is 0.323 e. The van der Waals surface area contributed by atoms with Crippen LogP contribution in [0.3, 0.4) is 0 Å². The molecule has 2 rings (SSSR count). The molecule has 0 radical (unpaired) electrons. The van der Waals surface area contributed by atoms with Crippen molar-refractivity contribution in [2.24, 2.45) is 17.6 Å². The van der Waals surface area contributed by atoms with Crippen molar-refractivity contribution < 1.29 is 19.1 Å². The summed E-state index contributed by atoms with van der Waals surface area (Å²) in [5.74, 6) is -0.874. The van der Waals surface area contributed by atoms with Gasteiger partial charge >= 0.3 is 11.9 Å². The minimum absolute atomic E-state index is 0.00530. The van der Waals surface area contributed by atoms with E-state index in [0.29, 0.717) is 25.0 Å². The molecule has 2 aromatic rings. The number of rotatable bonds is 28. The number of fused-ring (bicyclic) bond motifs is 1. The van der Waals surface area contributed by atoms with Crippen molar-refractivity contribution in [3.8, 4) is 0 Å². The van der Waals surface area contributed by atoms with Gasteiger partial charge in [-0.3, -0.25) is 19.4 Å². The van der Waals surface area contributed by atoms with E-state index in [4.69, 9.17) is 20.9 Å². The quantitative estimate of drug-likeness (QED) is 0.0631. The first-order valence-corrected chi connectivity index (χ1v) is 18.5. The van der Waals surface area contributed by atoms with Crippen molar-refractivity contribution >= 4 is 29.1 Å². The molecule has 47 heavy (non-hydrogen) atoms. The van der Waals surface area contributed by atoms with E-state index in [-0.39, 0.29) is 42.5 Å². The Labute approximate surface area is 282 Å². The van der Waals surface area contributed by atoms with Gasteiger partial charge in [-0.15, -0.1) is 0 Å². The Hall–Kier alpha value is -2.95. The summed E-state index contributed by atoms with van der Waals surface area (Å²) in [6.07, 6.45) is 25.1. The Morgan fingerprint density at radius 1 is 0.872 bits per heavy atom. The summed E-state index contributed by atoms with van der Waals surface area (Å²) in [4.78, 5) is 48.0. The standard InChI is InChI=1S/C36H64N6O5/c1-4-6-7-8-9-10-11-12-13-14-15-16-17-18-19-20-21-22-30(43)47-26-29(23-24-46-35(45)31(37)28(3)5-2)25-42-27-39-32-33(42)40-36(38)41-34(32)44/h27-29,31H,4-26,37H2,1-3H3,(H3,38,40,41,44)/t28?,29-,31+/m1/s1. The van der Waals surface area contributed by atoms with E-state index in [9.17, 15) is 14.4 Å². The van der Waals surface area contributed by atoms with Gasteiger partial charge in [0.2, 0.25) is 5.95 Å². The first-order valence-electron chi connectivity index (χ1n) is 18.5. The van der Waals surface area contributed by atoms with Crippen LogP contribution in [-0.2, 0) is 25.6 Å². The van der Waals surface area contributed by atoms with Gasteiger partial charge in [-0.05, 0) is 18.8 Å². The van der Waals surface area contributed by atoms with Gasteiger partial charge in [0.15, 0.2) is 11.2 Å². The van der Waals surface area contributed by atoms with Crippen LogP contribution in [-0.4, -0.2) is 50.7 Å². The first kappa shape index (κ1) is 40.2. The first-order chi connectivity index (χ1) is 22.8. The Morgan fingerprint density at radius 2 is 1.43 bits per heavy atom. The third-order valence-corrected chi connectivity index (χ3v) is 9.21. The van der Waals surface area contributed by atoms with Crippen molar-refractivity contribution in [2.45, 2.75) is 162 Å². The molecule has 5 N–H and O–H groups in total. The maximum Gasteiger partial charge on any atom is 0.323 e. The third-order valence-electron chi connectivity index (χ3n) is 9.21. The van der Waals surface area contributed by atoms with Crippen LogP contribution in [0.1, 0.15) is 149 Å². The van der Waals surface area contributed by atoms with Crippen LogP contribution in [0.25, 0.3) is 11.2 Å². The lowest BCUT2D eigenvalue weighted by Gasteiger charge is -2.20. The number of nitrogen functional groups attached to an aromatic ring is 1. The van der Waals surface area contributed by atoms with Crippen LogP contribution < -0.4 is 17.0 Å². The van der Waals surface area contributed by atoms with Crippen molar-refractivity contribution in [1.82, 2.24) is 19.5 Å². The number of imidazole rings is 1. The van der Waals surface area contributed by atoms with E-state index in [1.54, 1.807) is 4.57 Å². The molecule has 2 aromatic heterocycles. The molecule has 0 bridgehead atoms. The fourth-order valence-electron chi connectivity index (χ4n) is 5.80. The minimum Gasteiger partial charge on any atom is -0.465 e. The second kappa shape index (κ2) is 24.2. The van der Waals surface area contributed by atoms with Gasteiger partial charge in [0.05, 0.1) is 19.5 Å². The van der Waals surface area contributed by atoms with Crippen LogP contribution in [0.2, 0.25) is 0 Å². The number of esters is 2. The molecular formula is C36H64N6O5. The predicted octanol–water partition coefficient (Wildman–Crippen LogP) is 7.21. The molecule has 2 heterocycles. The largest absolute Gasteiger partial charge is 0.465 e. The van der Waals surface area contributed by atoms with Gasteiger partial charge in [0, 0.05) is 18.9 Å². The number of nitrogens with zero attached hydrogens (tertiary/aromatic N) is 3. The lowest BCUT2D eigenvalue weighted by atomic mass is 10.0. The highest BCUT2D eigenvalue weighted by Gasteiger charge is 2.22. The summed E-state index contributed by atoms with van der Waals surface area (Å²) in [5, 5.41) is 0. The summed E-state index contributed by atoms with van der Waals surface area (Å²) < 4.78 is 12.8. The zero-order chi connectivity index (χ0) is 34.3. The summed E-state index contributed by atoms with van der Waals surface area (Å²) in [6, 6.07) is -0.683. The van der Waals surface area contributed by atoms with E-state index in [0.717, 1.165) is 25.7 Å². The molecule has 0 fully saturated rings. The maximum absolute atomic E-state index is 12.6. The number of ether oxygens (including phenoxy) is 2. The fourth-order valence-corrected chi connectivity index (χ4v) is 5.80. The highest BCUT2D eigenvalue weighted by Crippen LogP contribution is 2.17. The molecule has 11 nitrogen and oxygen atoms in total. The molecule has 0 saturated heterocycles. The number of anilines is 1. The number of nitrogens with one attached hydrogen (secondary N) is 1. The number of aromatic nitrogens is 4. The van der Waals surface area contributed by atoms with Crippen LogP contribution >= 0.6 is 0 Å². The van der Waals surface area contributed by atoms with E-state index in [1.165, 1.54) is 96.2 Å². The van der Waals surface area contributed by atoms with Crippen molar-refractivity contribution in [3.63, 3.8) is 0 Å². The monoisotopic (exact) mass is 660 g/mol. The molecule has 0 saturated carbocycles. The number of hydrogen-bond acceptors (Lipinski definition) is 9. The topological polar surface area (TPSA) is 168 Å². The molecule has 0 amide bonds. The van der Waals surface area contributed by atoms with Crippen molar-refractivity contribution in [3.05, 3.63) is 16.7 Å². The van der Waals surface area contributed by atoms with Crippen LogP contribution in [0, 0.1) is 11.8 Å². The van der Waals surface area contributed by atoms with Crippen molar-refractivity contribution in [1.29, 1.82) is 0 Å². The average molecular weight is 661 g/mol. The highest BCUT2D eigenvalue weighted by atomic mass is 16.5. The number of carbonyl (C=O) groups excluding carboxylic acids is 2.